The molecule has 1 saturated carbocycles. The lowest BCUT2D eigenvalue weighted by Gasteiger charge is -2.21. The molecule has 1 aliphatic heterocycles. The quantitative estimate of drug-likeness (QED) is 0.601. The standard InChI is InChI=1S/C25H30N4O/c30-24(15-18-9-3-1-4-10-18)26-22-16-20-21(17-23(22)29-13-7-8-14-29)28-25(27-20)19-11-5-2-6-12-19/h1,3-4,9-10,16-17,19H,2,5-8,11-15H2,(H,26,30)(H,27,28). The van der Waals surface area contributed by atoms with Gasteiger partial charge in [-0.2, -0.15) is 0 Å². The third-order valence-electron chi connectivity index (χ3n) is 6.54. The molecule has 0 atom stereocenters. The topological polar surface area (TPSA) is 61.0 Å². The monoisotopic (exact) mass is 402 g/mol. The first-order chi connectivity index (χ1) is 14.8. The second-order valence-electron chi connectivity index (χ2n) is 8.75. The lowest BCUT2D eigenvalue weighted by Crippen LogP contribution is -2.22. The van der Waals surface area contributed by atoms with E-state index < -0.39 is 0 Å². The summed E-state index contributed by atoms with van der Waals surface area (Å²) in [5.74, 6) is 1.68. The van der Waals surface area contributed by atoms with Gasteiger partial charge in [0.15, 0.2) is 0 Å². The number of H-pyrrole nitrogens is 1. The molecule has 3 aromatic rings. The predicted octanol–water partition coefficient (Wildman–Crippen LogP) is 5.39. The largest absolute Gasteiger partial charge is 0.370 e. The van der Waals surface area contributed by atoms with Crippen LogP contribution in [-0.4, -0.2) is 29.0 Å². The van der Waals surface area contributed by atoms with E-state index in [4.69, 9.17) is 4.98 Å². The van der Waals surface area contributed by atoms with Gasteiger partial charge in [-0.25, -0.2) is 4.98 Å². The fourth-order valence-electron chi connectivity index (χ4n) is 4.93. The van der Waals surface area contributed by atoms with Crippen LogP contribution in [0.1, 0.15) is 62.3 Å². The highest BCUT2D eigenvalue weighted by Crippen LogP contribution is 2.36. The van der Waals surface area contributed by atoms with Crippen molar-refractivity contribution in [2.45, 2.75) is 57.3 Å². The van der Waals surface area contributed by atoms with Crippen molar-refractivity contribution < 1.29 is 4.79 Å². The molecule has 5 heteroatoms. The summed E-state index contributed by atoms with van der Waals surface area (Å²) in [5, 5.41) is 3.19. The van der Waals surface area contributed by atoms with Gasteiger partial charge in [0.25, 0.3) is 0 Å². The average molecular weight is 403 g/mol. The molecule has 156 valence electrons. The van der Waals surface area contributed by atoms with E-state index in [2.05, 4.69) is 27.3 Å². The summed E-state index contributed by atoms with van der Waals surface area (Å²) in [5.41, 5.74) is 5.05. The van der Waals surface area contributed by atoms with Gasteiger partial charge in [-0.1, -0.05) is 49.6 Å². The number of benzene rings is 2. The Bertz CT molecular complexity index is 1010. The van der Waals surface area contributed by atoms with E-state index in [-0.39, 0.29) is 5.91 Å². The van der Waals surface area contributed by atoms with E-state index in [1.165, 1.54) is 44.9 Å². The number of nitrogens with zero attached hydrogens (tertiary/aromatic N) is 2. The minimum Gasteiger partial charge on any atom is -0.370 e. The maximum Gasteiger partial charge on any atom is 0.228 e. The van der Waals surface area contributed by atoms with Crippen LogP contribution in [0.3, 0.4) is 0 Å². The molecule has 1 aromatic heterocycles. The molecule has 2 fully saturated rings. The molecule has 5 rings (SSSR count). The lowest BCUT2D eigenvalue weighted by atomic mass is 9.89. The fraction of sp³-hybridized carbons (Fsp3) is 0.440. The van der Waals surface area contributed by atoms with Gasteiger partial charge in [-0.3, -0.25) is 4.79 Å². The number of hydrogen-bond acceptors (Lipinski definition) is 3. The van der Waals surface area contributed by atoms with Gasteiger partial charge in [-0.15, -0.1) is 0 Å². The maximum absolute atomic E-state index is 12.8. The first-order valence-corrected chi connectivity index (χ1v) is 11.4. The van der Waals surface area contributed by atoms with Crippen molar-refractivity contribution in [3.63, 3.8) is 0 Å². The first-order valence-electron chi connectivity index (χ1n) is 11.4. The fourth-order valence-corrected chi connectivity index (χ4v) is 4.93. The summed E-state index contributed by atoms with van der Waals surface area (Å²) in [6.07, 6.45) is 9.15. The number of anilines is 2. The highest BCUT2D eigenvalue weighted by atomic mass is 16.1. The van der Waals surface area contributed by atoms with Crippen LogP contribution < -0.4 is 10.2 Å². The first kappa shape index (κ1) is 19.2. The molecule has 5 nitrogen and oxygen atoms in total. The van der Waals surface area contributed by atoms with Crippen LogP contribution in [0.5, 0.6) is 0 Å². The van der Waals surface area contributed by atoms with Crippen molar-refractivity contribution in [2.75, 3.05) is 23.3 Å². The molecule has 0 unspecified atom stereocenters. The molecule has 2 N–H and O–H groups in total. The summed E-state index contributed by atoms with van der Waals surface area (Å²) >= 11 is 0. The summed E-state index contributed by atoms with van der Waals surface area (Å²) in [6, 6.07) is 14.2. The molecular weight excluding hydrogens is 372 g/mol. The van der Waals surface area contributed by atoms with Crippen LogP contribution >= 0.6 is 0 Å². The van der Waals surface area contributed by atoms with Crippen LogP contribution in [0.4, 0.5) is 11.4 Å². The number of aromatic nitrogens is 2. The van der Waals surface area contributed by atoms with Gasteiger partial charge < -0.3 is 15.2 Å². The van der Waals surface area contributed by atoms with E-state index in [1.807, 2.05) is 30.3 Å². The Kier molecular flexibility index (Phi) is 5.43. The second-order valence-corrected chi connectivity index (χ2v) is 8.75. The Morgan fingerprint density at radius 3 is 2.57 bits per heavy atom. The SMILES string of the molecule is O=C(Cc1ccccc1)Nc1cc2[nH]c(C3CCCCC3)nc2cc1N1CCCC1. The molecule has 1 saturated heterocycles. The van der Waals surface area contributed by atoms with Crippen molar-refractivity contribution in [3.05, 3.63) is 53.9 Å². The van der Waals surface area contributed by atoms with Crippen LogP contribution in [0, 0.1) is 0 Å². The van der Waals surface area contributed by atoms with Crippen LogP contribution in [0.25, 0.3) is 11.0 Å². The molecule has 2 aliphatic rings. The molecule has 2 aromatic carbocycles. The van der Waals surface area contributed by atoms with Crippen molar-refractivity contribution in [3.8, 4) is 0 Å². The Morgan fingerprint density at radius 1 is 1.03 bits per heavy atom. The van der Waals surface area contributed by atoms with Crippen LogP contribution in [0.2, 0.25) is 0 Å². The highest BCUT2D eigenvalue weighted by molar-refractivity contribution is 5.99. The van der Waals surface area contributed by atoms with Crippen LogP contribution in [0.15, 0.2) is 42.5 Å². The maximum atomic E-state index is 12.8. The summed E-state index contributed by atoms with van der Waals surface area (Å²) < 4.78 is 0. The van der Waals surface area contributed by atoms with Gasteiger partial charge >= 0.3 is 0 Å². The van der Waals surface area contributed by atoms with Crippen molar-refractivity contribution >= 4 is 28.3 Å². The molecule has 2 heterocycles. The van der Waals surface area contributed by atoms with Crippen molar-refractivity contribution in [1.82, 2.24) is 9.97 Å². The van der Waals surface area contributed by atoms with E-state index >= 15 is 0 Å². The lowest BCUT2D eigenvalue weighted by molar-refractivity contribution is -0.115. The van der Waals surface area contributed by atoms with Gasteiger partial charge in [0.05, 0.1) is 28.8 Å². The molecule has 0 radical (unpaired) electrons. The third kappa shape index (κ3) is 4.07. The molecule has 1 amide bonds. The van der Waals surface area contributed by atoms with Gasteiger partial charge in [0, 0.05) is 19.0 Å². The van der Waals surface area contributed by atoms with Crippen molar-refractivity contribution in [2.24, 2.45) is 0 Å². The smallest absolute Gasteiger partial charge is 0.228 e. The third-order valence-corrected chi connectivity index (χ3v) is 6.54. The van der Waals surface area contributed by atoms with E-state index in [0.717, 1.165) is 46.9 Å². The van der Waals surface area contributed by atoms with E-state index in [0.29, 0.717) is 12.3 Å². The molecule has 1 aliphatic carbocycles. The number of amides is 1. The Labute approximate surface area is 177 Å². The minimum absolute atomic E-state index is 0.0213. The number of carbonyl (C=O) groups is 1. The summed E-state index contributed by atoms with van der Waals surface area (Å²) in [7, 11) is 0. The molecule has 0 spiro atoms. The highest BCUT2D eigenvalue weighted by Gasteiger charge is 2.22. The number of imidazole rings is 1. The Balaban J connectivity index is 1.45. The van der Waals surface area contributed by atoms with E-state index in [9.17, 15) is 4.79 Å². The van der Waals surface area contributed by atoms with Crippen molar-refractivity contribution in [1.29, 1.82) is 0 Å². The Morgan fingerprint density at radius 2 is 1.80 bits per heavy atom. The number of nitrogens with one attached hydrogen (secondary N) is 2. The number of hydrogen-bond donors (Lipinski definition) is 2. The number of rotatable bonds is 5. The zero-order valence-electron chi connectivity index (χ0n) is 17.5. The average Bonchev–Trinajstić information content (AvgIpc) is 3.44. The number of carbonyl (C=O) groups excluding carboxylic acids is 1. The van der Waals surface area contributed by atoms with Gasteiger partial charge in [-0.05, 0) is 43.4 Å². The number of aromatic amines is 1. The van der Waals surface area contributed by atoms with E-state index in [1.54, 1.807) is 0 Å². The zero-order valence-corrected chi connectivity index (χ0v) is 17.5. The summed E-state index contributed by atoms with van der Waals surface area (Å²) in [4.78, 5) is 23.7. The molecule has 0 bridgehead atoms. The Hall–Kier alpha value is -2.82. The zero-order chi connectivity index (χ0) is 20.3. The molecular formula is C25H30N4O. The number of fused-ring (bicyclic) bond motifs is 1. The second kappa shape index (κ2) is 8.50. The minimum atomic E-state index is 0.0213. The predicted molar refractivity (Wildman–Crippen MR) is 122 cm³/mol. The van der Waals surface area contributed by atoms with Crippen LogP contribution in [-0.2, 0) is 11.2 Å². The summed E-state index contributed by atoms with van der Waals surface area (Å²) in [6.45, 7) is 2.07. The normalized spacial score (nSPS) is 17.5. The molecule has 30 heavy (non-hydrogen) atoms. The van der Waals surface area contributed by atoms with Gasteiger partial charge in [0.1, 0.15) is 5.82 Å². The van der Waals surface area contributed by atoms with Gasteiger partial charge in [0.2, 0.25) is 5.91 Å².